The summed E-state index contributed by atoms with van der Waals surface area (Å²) >= 11 is 0. The zero-order valence-electron chi connectivity index (χ0n) is 22.6. The highest BCUT2D eigenvalue weighted by Crippen LogP contribution is 2.44. The van der Waals surface area contributed by atoms with E-state index in [4.69, 9.17) is 9.47 Å². The minimum Gasteiger partial charge on any atom is -0.488 e. The predicted molar refractivity (Wildman–Crippen MR) is 154 cm³/mol. The Balaban J connectivity index is 1.80. The van der Waals surface area contributed by atoms with E-state index in [1.807, 2.05) is 74.5 Å². The molecule has 0 saturated carbocycles. The van der Waals surface area contributed by atoms with Crippen LogP contribution in [0.1, 0.15) is 35.5 Å². The highest BCUT2D eigenvalue weighted by molar-refractivity contribution is 6.03. The van der Waals surface area contributed by atoms with Gasteiger partial charge in [0, 0.05) is 23.4 Å². The summed E-state index contributed by atoms with van der Waals surface area (Å²) in [6, 6.07) is 31.8. The first-order valence-corrected chi connectivity index (χ1v) is 13.0. The Hall–Kier alpha value is -4.89. The van der Waals surface area contributed by atoms with Crippen LogP contribution in [0.5, 0.6) is 5.75 Å². The van der Waals surface area contributed by atoms with Gasteiger partial charge in [0.15, 0.2) is 0 Å². The van der Waals surface area contributed by atoms with E-state index in [0.29, 0.717) is 24.3 Å². The van der Waals surface area contributed by atoms with E-state index in [1.165, 1.54) is 19.2 Å². The van der Waals surface area contributed by atoms with Crippen LogP contribution in [0.2, 0.25) is 0 Å². The van der Waals surface area contributed by atoms with Gasteiger partial charge >= 0.3 is 5.97 Å². The number of halogens is 1. The van der Waals surface area contributed by atoms with Crippen LogP contribution in [0, 0.1) is 22.6 Å². The van der Waals surface area contributed by atoms with Crippen molar-refractivity contribution in [2.24, 2.45) is 5.41 Å². The van der Waals surface area contributed by atoms with Crippen molar-refractivity contribution in [3.8, 4) is 28.6 Å². The smallest absolute Gasteiger partial charge is 0.337 e. The van der Waals surface area contributed by atoms with Crippen LogP contribution >= 0.6 is 0 Å². The molecule has 0 atom stereocenters. The van der Waals surface area contributed by atoms with Crippen LogP contribution in [-0.4, -0.2) is 17.6 Å². The molecule has 0 radical (unpaired) electrons. The number of nitrogens with zero attached hydrogens (tertiary/aromatic N) is 2. The van der Waals surface area contributed by atoms with Crippen LogP contribution in [0.4, 0.5) is 4.39 Å². The quantitative estimate of drug-likeness (QED) is 0.191. The molecule has 40 heavy (non-hydrogen) atoms. The Morgan fingerprint density at radius 1 is 0.925 bits per heavy atom. The molecule has 4 aromatic carbocycles. The van der Waals surface area contributed by atoms with Gasteiger partial charge in [-0.1, -0.05) is 48.5 Å². The summed E-state index contributed by atoms with van der Waals surface area (Å²) in [7, 11) is 1.35. The number of carbonyl (C=O) groups is 1. The fourth-order valence-corrected chi connectivity index (χ4v) is 4.93. The predicted octanol–water partition coefficient (Wildman–Crippen LogP) is 7.89. The number of rotatable bonds is 8. The molecule has 5 rings (SSSR count). The Morgan fingerprint density at radius 3 is 2.27 bits per heavy atom. The Bertz CT molecular complexity index is 1700. The standard InChI is InChI=1S/C34H29FN2O3/c1-34(2,22-36)20-29-31(24-12-14-25(15-13-24)33(38)39-3)32-28(37(29)27-18-16-26(35)17-19-27)10-7-11-30(32)40-21-23-8-5-4-6-9-23/h4-19H,20-21H2,1-3H3. The molecule has 5 aromatic rings. The molecule has 1 heterocycles. The van der Waals surface area contributed by atoms with Crippen LogP contribution < -0.4 is 4.74 Å². The minimum atomic E-state index is -0.697. The lowest BCUT2D eigenvalue weighted by atomic mass is 9.86. The number of ether oxygens (including phenoxy) is 2. The number of nitriles is 1. The Labute approximate surface area is 233 Å². The number of hydrogen-bond donors (Lipinski definition) is 0. The van der Waals surface area contributed by atoms with E-state index in [9.17, 15) is 14.4 Å². The highest BCUT2D eigenvalue weighted by atomic mass is 19.1. The van der Waals surface area contributed by atoms with Crippen molar-refractivity contribution in [1.82, 2.24) is 4.57 Å². The van der Waals surface area contributed by atoms with Crippen molar-refractivity contribution in [3.63, 3.8) is 0 Å². The number of methoxy groups -OCH3 is 1. The molecular formula is C34H29FN2O3. The molecular weight excluding hydrogens is 503 g/mol. The maximum absolute atomic E-state index is 14.0. The number of esters is 1. The fraction of sp³-hybridized carbons (Fsp3) is 0.176. The molecule has 0 spiro atoms. The molecule has 0 aliphatic rings. The fourth-order valence-electron chi connectivity index (χ4n) is 4.93. The summed E-state index contributed by atoms with van der Waals surface area (Å²) in [6.45, 7) is 4.18. The van der Waals surface area contributed by atoms with Gasteiger partial charge < -0.3 is 14.0 Å². The molecule has 0 fully saturated rings. The first-order chi connectivity index (χ1) is 19.3. The zero-order chi connectivity index (χ0) is 28.3. The van der Waals surface area contributed by atoms with Gasteiger partial charge in [0.2, 0.25) is 0 Å². The van der Waals surface area contributed by atoms with Crippen molar-refractivity contribution in [2.75, 3.05) is 7.11 Å². The number of fused-ring (bicyclic) bond motifs is 1. The SMILES string of the molecule is COC(=O)c1ccc(-c2c(CC(C)(C)C#N)n(-c3ccc(F)cc3)c3cccc(OCc4ccccc4)c23)cc1. The third kappa shape index (κ3) is 5.32. The number of carbonyl (C=O) groups excluding carboxylic acids is 1. The zero-order valence-corrected chi connectivity index (χ0v) is 22.6. The van der Waals surface area contributed by atoms with Gasteiger partial charge in [-0.2, -0.15) is 5.26 Å². The van der Waals surface area contributed by atoms with Gasteiger partial charge in [0.1, 0.15) is 18.2 Å². The summed E-state index contributed by atoms with van der Waals surface area (Å²) in [5, 5.41) is 10.9. The van der Waals surface area contributed by atoms with E-state index in [0.717, 1.165) is 39.0 Å². The van der Waals surface area contributed by atoms with Gasteiger partial charge in [-0.3, -0.25) is 0 Å². The van der Waals surface area contributed by atoms with Crippen molar-refractivity contribution in [3.05, 3.63) is 120 Å². The average molecular weight is 533 g/mol. The minimum absolute atomic E-state index is 0.329. The lowest BCUT2D eigenvalue weighted by Gasteiger charge is -2.20. The second kappa shape index (κ2) is 11.1. The first kappa shape index (κ1) is 26.7. The first-order valence-electron chi connectivity index (χ1n) is 13.0. The van der Waals surface area contributed by atoms with Crippen LogP contribution in [0.3, 0.4) is 0 Å². The summed E-state index contributed by atoms with van der Waals surface area (Å²) < 4.78 is 27.3. The van der Waals surface area contributed by atoms with Crippen molar-refractivity contribution in [1.29, 1.82) is 5.26 Å². The molecule has 0 saturated heterocycles. The molecule has 0 N–H and O–H groups in total. The van der Waals surface area contributed by atoms with E-state index in [1.54, 1.807) is 24.3 Å². The number of hydrogen-bond acceptors (Lipinski definition) is 4. The van der Waals surface area contributed by atoms with E-state index in [-0.39, 0.29) is 5.82 Å². The second-order valence-electron chi connectivity index (χ2n) is 10.3. The second-order valence-corrected chi connectivity index (χ2v) is 10.3. The van der Waals surface area contributed by atoms with Gasteiger partial charge in [-0.05, 0) is 73.5 Å². The van der Waals surface area contributed by atoms with Gasteiger partial charge in [0.05, 0.1) is 35.1 Å². The highest BCUT2D eigenvalue weighted by Gasteiger charge is 2.28. The lowest BCUT2D eigenvalue weighted by Crippen LogP contribution is -2.15. The Morgan fingerprint density at radius 2 is 1.62 bits per heavy atom. The maximum atomic E-state index is 14.0. The topological polar surface area (TPSA) is 64.2 Å². The summed E-state index contributed by atoms with van der Waals surface area (Å²) in [4.78, 5) is 12.1. The van der Waals surface area contributed by atoms with Gasteiger partial charge in [-0.25, -0.2) is 9.18 Å². The van der Waals surface area contributed by atoms with Crippen molar-refractivity contribution in [2.45, 2.75) is 26.9 Å². The monoisotopic (exact) mass is 532 g/mol. The van der Waals surface area contributed by atoms with Crippen molar-refractivity contribution < 1.29 is 18.7 Å². The van der Waals surface area contributed by atoms with Gasteiger partial charge in [0.25, 0.3) is 0 Å². The summed E-state index contributed by atoms with van der Waals surface area (Å²) in [5.74, 6) is -0.0621. The van der Waals surface area contributed by atoms with Crippen LogP contribution in [0.15, 0.2) is 97.1 Å². The summed E-state index contributed by atoms with van der Waals surface area (Å²) in [5.41, 5.74) is 5.05. The van der Waals surface area contributed by atoms with E-state index < -0.39 is 11.4 Å². The maximum Gasteiger partial charge on any atom is 0.337 e. The molecule has 0 unspecified atom stereocenters. The average Bonchev–Trinajstić information content (AvgIpc) is 3.30. The number of benzene rings is 4. The van der Waals surface area contributed by atoms with E-state index in [2.05, 4.69) is 10.6 Å². The molecule has 0 amide bonds. The molecule has 0 aliphatic carbocycles. The number of aromatic nitrogens is 1. The summed E-state index contributed by atoms with van der Waals surface area (Å²) in [6.07, 6.45) is 0.418. The largest absolute Gasteiger partial charge is 0.488 e. The van der Waals surface area contributed by atoms with Crippen LogP contribution in [-0.2, 0) is 17.8 Å². The van der Waals surface area contributed by atoms with Gasteiger partial charge in [-0.15, -0.1) is 0 Å². The molecule has 200 valence electrons. The molecule has 6 heteroatoms. The Kier molecular flexibility index (Phi) is 7.39. The molecule has 1 aromatic heterocycles. The van der Waals surface area contributed by atoms with E-state index >= 15 is 0 Å². The van der Waals surface area contributed by atoms with Crippen LogP contribution in [0.25, 0.3) is 27.7 Å². The molecule has 5 nitrogen and oxygen atoms in total. The normalized spacial score (nSPS) is 11.3. The third-order valence-corrected chi connectivity index (χ3v) is 6.88. The van der Waals surface area contributed by atoms with Crippen molar-refractivity contribution >= 4 is 16.9 Å². The molecule has 0 bridgehead atoms. The third-order valence-electron chi connectivity index (χ3n) is 6.88. The lowest BCUT2D eigenvalue weighted by molar-refractivity contribution is 0.0600. The molecule has 0 aliphatic heterocycles.